The molecule has 0 atom stereocenters. The summed E-state index contributed by atoms with van der Waals surface area (Å²) in [5, 5.41) is 9.26. The molecule has 0 radical (unpaired) electrons. The van der Waals surface area contributed by atoms with Gasteiger partial charge in [0.05, 0.1) is 6.54 Å². The minimum Gasteiger partial charge on any atom is -0.492 e. The van der Waals surface area contributed by atoms with Gasteiger partial charge in [-0.25, -0.2) is 0 Å². The van der Waals surface area contributed by atoms with E-state index in [1.807, 2.05) is 54.6 Å². The molecule has 0 aliphatic heterocycles. The van der Waals surface area contributed by atoms with E-state index in [1.165, 1.54) is 12.5 Å². The van der Waals surface area contributed by atoms with Gasteiger partial charge in [-0.1, -0.05) is 30.3 Å². The maximum absolute atomic E-state index is 11.0. The molecule has 138 valence electrons. The number of hydrogen-bond acceptors (Lipinski definition) is 3. The first-order chi connectivity index (χ1) is 12.7. The SMILES string of the molecule is CN=C(NCCOc1ccccc1)NCCc1ccc(NC(C)=O)cc1. The Morgan fingerprint density at radius 3 is 2.35 bits per heavy atom. The van der Waals surface area contributed by atoms with Crippen LogP contribution in [0.25, 0.3) is 0 Å². The quantitative estimate of drug-likeness (QED) is 0.387. The summed E-state index contributed by atoms with van der Waals surface area (Å²) in [5.41, 5.74) is 2.00. The molecule has 0 heterocycles. The van der Waals surface area contributed by atoms with Crippen LogP contribution in [-0.2, 0) is 11.2 Å². The van der Waals surface area contributed by atoms with Crippen molar-refractivity contribution >= 4 is 17.6 Å². The van der Waals surface area contributed by atoms with Crippen molar-refractivity contribution in [1.29, 1.82) is 0 Å². The number of hydrogen-bond donors (Lipinski definition) is 3. The molecular weight excluding hydrogens is 328 g/mol. The zero-order valence-electron chi connectivity index (χ0n) is 15.3. The fourth-order valence-corrected chi connectivity index (χ4v) is 2.36. The molecule has 0 spiro atoms. The van der Waals surface area contributed by atoms with Crippen LogP contribution in [0.5, 0.6) is 5.75 Å². The van der Waals surface area contributed by atoms with Crippen LogP contribution in [0.4, 0.5) is 5.69 Å². The number of guanidine groups is 1. The Morgan fingerprint density at radius 2 is 1.69 bits per heavy atom. The van der Waals surface area contributed by atoms with Crippen molar-refractivity contribution in [1.82, 2.24) is 10.6 Å². The second kappa shape index (κ2) is 10.8. The Hall–Kier alpha value is -3.02. The van der Waals surface area contributed by atoms with Crippen LogP contribution in [-0.4, -0.2) is 38.6 Å². The number of amides is 1. The molecule has 0 aliphatic carbocycles. The number of nitrogens with one attached hydrogen (secondary N) is 3. The largest absolute Gasteiger partial charge is 0.492 e. The smallest absolute Gasteiger partial charge is 0.221 e. The van der Waals surface area contributed by atoms with Crippen molar-refractivity contribution in [2.75, 3.05) is 32.1 Å². The van der Waals surface area contributed by atoms with Crippen molar-refractivity contribution in [3.05, 3.63) is 60.2 Å². The lowest BCUT2D eigenvalue weighted by Gasteiger charge is -2.12. The highest BCUT2D eigenvalue weighted by atomic mass is 16.5. The third-order valence-electron chi connectivity index (χ3n) is 3.61. The Labute approximate surface area is 154 Å². The Kier molecular flexibility index (Phi) is 7.99. The third kappa shape index (κ3) is 7.25. The van der Waals surface area contributed by atoms with Crippen LogP contribution in [0.3, 0.4) is 0 Å². The van der Waals surface area contributed by atoms with E-state index in [0.717, 1.165) is 30.4 Å². The van der Waals surface area contributed by atoms with Crippen molar-refractivity contribution in [2.45, 2.75) is 13.3 Å². The average Bonchev–Trinajstić information content (AvgIpc) is 2.65. The molecule has 2 rings (SSSR count). The van der Waals surface area contributed by atoms with Gasteiger partial charge in [-0.15, -0.1) is 0 Å². The molecule has 6 nitrogen and oxygen atoms in total. The first-order valence-electron chi connectivity index (χ1n) is 8.66. The summed E-state index contributed by atoms with van der Waals surface area (Å²) in [6.07, 6.45) is 0.863. The summed E-state index contributed by atoms with van der Waals surface area (Å²) in [5.74, 6) is 1.54. The summed E-state index contributed by atoms with van der Waals surface area (Å²) < 4.78 is 5.64. The number of anilines is 1. The summed E-state index contributed by atoms with van der Waals surface area (Å²) in [6, 6.07) is 17.6. The van der Waals surface area contributed by atoms with Crippen LogP contribution in [0.2, 0.25) is 0 Å². The molecule has 6 heteroatoms. The zero-order chi connectivity index (χ0) is 18.6. The number of carbonyl (C=O) groups is 1. The molecule has 2 aromatic rings. The lowest BCUT2D eigenvalue weighted by Crippen LogP contribution is -2.40. The van der Waals surface area contributed by atoms with Gasteiger partial charge >= 0.3 is 0 Å². The van der Waals surface area contributed by atoms with E-state index in [2.05, 4.69) is 20.9 Å². The monoisotopic (exact) mass is 354 g/mol. The van der Waals surface area contributed by atoms with Crippen LogP contribution in [0.15, 0.2) is 59.6 Å². The van der Waals surface area contributed by atoms with E-state index in [4.69, 9.17) is 4.74 Å². The number of rotatable bonds is 8. The van der Waals surface area contributed by atoms with E-state index in [9.17, 15) is 4.79 Å². The van der Waals surface area contributed by atoms with Crippen molar-refractivity contribution < 1.29 is 9.53 Å². The molecule has 0 saturated heterocycles. The molecule has 0 saturated carbocycles. The zero-order valence-corrected chi connectivity index (χ0v) is 15.3. The number of carbonyl (C=O) groups excluding carboxylic acids is 1. The van der Waals surface area contributed by atoms with Gasteiger partial charge in [0.2, 0.25) is 5.91 Å². The number of benzene rings is 2. The van der Waals surface area contributed by atoms with Crippen molar-refractivity contribution in [3.63, 3.8) is 0 Å². The van der Waals surface area contributed by atoms with Gasteiger partial charge in [0.15, 0.2) is 5.96 Å². The Bertz CT molecular complexity index is 700. The Morgan fingerprint density at radius 1 is 1.00 bits per heavy atom. The molecule has 0 aliphatic rings. The highest BCUT2D eigenvalue weighted by Crippen LogP contribution is 2.09. The highest BCUT2D eigenvalue weighted by molar-refractivity contribution is 5.88. The van der Waals surface area contributed by atoms with Gasteiger partial charge in [-0.3, -0.25) is 9.79 Å². The van der Waals surface area contributed by atoms with Gasteiger partial charge in [-0.2, -0.15) is 0 Å². The predicted molar refractivity (Wildman–Crippen MR) is 106 cm³/mol. The summed E-state index contributed by atoms with van der Waals surface area (Å²) >= 11 is 0. The standard InChI is InChI=1S/C20H26N4O2/c1-16(25)24-18-10-8-17(9-11-18)12-13-22-20(21-2)23-14-15-26-19-6-4-3-5-7-19/h3-11H,12-15H2,1-2H3,(H,24,25)(H2,21,22,23). The van der Waals surface area contributed by atoms with E-state index in [0.29, 0.717) is 13.2 Å². The van der Waals surface area contributed by atoms with Crippen LogP contribution >= 0.6 is 0 Å². The maximum Gasteiger partial charge on any atom is 0.221 e. The maximum atomic E-state index is 11.0. The minimum absolute atomic E-state index is 0.0643. The van der Waals surface area contributed by atoms with Crippen LogP contribution in [0.1, 0.15) is 12.5 Å². The molecule has 3 N–H and O–H groups in total. The number of ether oxygens (including phenoxy) is 1. The van der Waals surface area contributed by atoms with E-state index < -0.39 is 0 Å². The summed E-state index contributed by atoms with van der Waals surface area (Å²) in [7, 11) is 1.75. The van der Waals surface area contributed by atoms with Gasteiger partial charge in [0.1, 0.15) is 12.4 Å². The minimum atomic E-state index is -0.0643. The first kappa shape index (κ1) is 19.3. The number of aliphatic imine (C=N–C) groups is 1. The molecule has 1 amide bonds. The molecule has 0 aromatic heterocycles. The van der Waals surface area contributed by atoms with E-state index in [-0.39, 0.29) is 5.91 Å². The second-order valence-electron chi connectivity index (χ2n) is 5.72. The Balaban J connectivity index is 1.64. The molecular formula is C20H26N4O2. The third-order valence-corrected chi connectivity index (χ3v) is 3.61. The molecule has 2 aromatic carbocycles. The van der Waals surface area contributed by atoms with Crippen molar-refractivity contribution in [3.8, 4) is 5.75 Å². The van der Waals surface area contributed by atoms with Gasteiger partial charge < -0.3 is 20.7 Å². The molecule has 26 heavy (non-hydrogen) atoms. The fraction of sp³-hybridized carbons (Fsp3) is 0.300. The van der Waals surface area contributed by atoms with Crippen LogP contribution in [0, 0.1) is 0 Å². The van der Waals surface area contributed by atoms with Gasteiger partial charge in [0, 0.05) is 26.2 Å². The lowest BCUT2D eigenvalue weighted by atomic mass is 10.1. The highest BCUT2D eigenvalue weighted by Gasteiger charge is 2.00. The average molecular weight is 354 g/mol. The normalized spacial score (nSPS) is 10.9. The number of nitrogens with zero attached hydrogens (tertiary/aromatic N) is 1. The van der Waals surface area contributed by atoms with Crippen LogP contribution < -0.4 is 20.7 Å². The molecule has 0 unspecified atom stereocenters. The number of para-hydroxylation sites is 1. The van der Waals surface area contributed by atoms with Gasteiger partial charge in [-0.05, 0) is 36.2 Å². The summed E-state index contributed by atoms with van der Waals surface area (Å²) in [4.78, 5) is 15.2. The molecule has 0 fully saturated rings. The summed E-state index contributed by atoms with van der Waals surface area (Å²) in [6.45, 7) is 3.50. The molecule has 0 bridgehead atoms. The topological polar surface area (TPSA) is 74.8 Å². The van der Waals surface area contributed by atoms with Gasteiger partial charge in [0.25, 0.3) is 0 Å². The first-order valence-corrected chi connectivity index (χ1v) is 8.66. The second-order valence-corrected chi connectivity index (χ2v) is 5.72. The van der Waals surface area contributed by atoms with Crippen molar-refractivity contribution in [2.24, 2.45) is 4.99 Å². The van der Waals surface area contributed by atoms with E-state index in [1.54, 1.807) is 7.05 Å². The lowest BCUT2D eigenvalue weighted by molar-refractivity contribution is -0.114. The predicted octanol–water partition coefficient (Wildman–Crippen LogP) is 2.43. The fourth-order valence-electron chi connectivity index (χ4n) is 2.36. The van der Waals surface area contributed by atoms with E-state index >= 15 is 0 Å².